The lowest BCUT2D eigenvalue weighted by Gasteiger charge is -2.52. The average Bonchev–Trinajstić information content (AvgIpc) is 2.69. The topological polar surface area (TPSA) is 58.6 Å². The Labute approximate surface area is 202 Å². The normalized spacial score (nSPS) is 28.6. The molecule has 1 fully saturated rings. The van der Waals surface area contributed by atoms with Gasteiger partial charge in [0.1, 0.15) is 11.9 Å². The van der Waals surface area contributed by atoms with Crippen molar-refractivity contribution >= 4 is 5.97 Å². The van der Waals surface area contributed by atoms with Gasteiger partial charge >= 0.3 is 5.97 Å². The lowest BCUT2D eigenvalue weighted by molar-refractivity contribution is -0.158. The number of hydrogen-bond acceptors (Lipinski definition) is 4. The summed E-state index contributed by atoms with van der Waals surface area (Å²) < 4.78 is 6.11. The molecule has 0 radical (unpaired) electrons. The van der Waals surface area contributed by atoms with E-state index in [-0.39, 0.29) is 39.9 Å². The lowest BCUT2D eigenvalue weighted by Crippen LogP contribution is -2.66. The first-order chi connectivity index (χ1) is 15.0. The number of phenols is 1. The van der Waals surface area contributed by atoms with E-state index in [1.54, 1.807) is 0 Å². The predicted octanol–water partition coefficient (Wildman–Crippen LogP) is 6.80. The van der Waals surface area contributed by atoms with Crippen molar-refractivity contribution in [3.63, 3.8) is 0 Å². The number of nitrogens with one attached hydrogen (secondary N) is 1. The molecule has 1 heterocycles. The minimum absolute atomic E-state index is 0.0254. The molecule has 1 aromatic carbocycles. The molecule has 33 heavy (non-hydrogen) atoms. The van der Waals surface area contributed by atoms with Crippen molar-refractivity contribution in [1.82, 2.24) is 5.32 Å². The predicted molar refractivity (Wildman–Crippen MR) is 138 cm³/mol. The molecular weight excluding hydrogens is 410 g/mol. The van der Waals surface area contributed by atoms with Gasteiger partial charge in [-0.3, -0.25) is 4.79 Å². The zero-order valence-electron chi connectivity index (χ0n) is 23.1. The van der Waals surface area contributed by atoms with Crippen LogP contribution in [0.5, 0.6) is 5.75 Å². The molecule has 4 heteroatoms. The highest BCUT2D eigenvalue weighted by molar-refractivity contribution is 5.70. The zero-order chi connectivity index (χ0) is 25.4. The molecule has 4 nitrogen and oxygen atoms in total. The van der Waals surface area contributed by atoms with Crippen LogP contribution in [0.15, 0.2) is 12.1 Å². The Morgan fingerprint density at radius 1 is 1.06 bits per heavy atom. The summed E-state index contributed by atoms with van der Waals surface area (Å²) in [6.45, 7) is 23.8. The van der Waals surface area contributed by atoms with E-state index in [2.05, 4.69) is 93.6 Å². The summed E-state index contributed by atoms with van der Waals surface area (Å²) in [5, 5.41) is 14.8. The average molecular weight is 460 g/mol. The van der Waals surface area contributed by atoms with E-state index in [9.17, 15) is 9.90 Å². The molecule has 0 saturated carbocycles. The number of piperidine rings is 1. The van der Waals surface area contributed by atoms with E-state index >= 15 is 0 Å². The lowest BCUT2D eigenvalue weighted by atomic mass is 9.70. The first-order valence-electron chi connectivity index (χ1n) is 12.8. The molecule has 0 aromatic heterocycles. The number of carbonyl (C=O) groups is 1. The number of aryl methyl sites for hydroxylation is 1. The van der Waals surface area contributed by atoms with Crippen LogP contribution in [-0.4, -0.2) is 28.3 Å². The number of phenolic OH excluding ortho intramolecular Hbond substituents is 1. The Bertz CT molecular complexity index is 812. The Hall–Kier alpha value is -1.55. The van der Waals surface area contributed by atoms with Crippen LogP contribution in [0.1, 0.15) is 119 Å². The third-order valence-corrected chi connectivity index (χ3v) is 8.00. The van der Waals surface area contributed by atoms with Crippen molar-refractivity contribution in [2.24, 2.45) is 5.92 Å². The molecule has 0 amide bonds. The quantitative estimate of drug-likeness (QED) is 0.459. The molecule has 0 aliphatic carbocycles. The first kappa shape index (κ1) is 27.7. The van der Waals surface area contributed by atoms with Crippen LogP contribution in [0.4, 0.5) is 0 Å². The van der Waals surface area contributed by atoms with E-state index in [0.717, 1.165) is 36.0 Å². The minimum atomic E-state index is -0.180. The molecule has 188 valence electrons. The summed E-state index contributed by atoms with van der Waals surface area (Å²) in [6.07, 6.45) is 3.72. The van der Waals surface area contributed by atoms with E-state index in [1.807, 2.05) is 0 Å². The Morgan fingerprint density at radius 3 is 2.00 bits per heavy atom. The second-order valence-corrected chi connectivity index (χ2v) is 12.9. The van der Waals surface area contributed by atoms with Crippen LogP contribution in [0.25, 0.3) is 0 Å². The van der Waals surface area contributed by atoms with Gasteiger partial charge in [-0.1, -0.05) is 74.4 Å². The SMILES string of the molecule is CCC1(C)CC(OC(=O)CCc2cc(C(C)(C)C)c(O)c(C(C)(C)C)c2)C(C)C(C)(CC)N1. The summed E-state index contributed by atoms with van der Waals surface area (Å²) in [4.78, 5) is 13.0. The minimum Gasteiger partial charge on any atom is -0.507 e. The van der Waals surface area contributed by atoms with Gasteiger partial charge in [0.2, 0.25) is 0 Å². The van der Waals surface area contributed by atoms with Crippen LogP contribution >= 0.6 is 0 Å². The fourth-order valence-corrected chi connectivity index (χ4v) is 5.13. The monoisotopic (exact) mass is 459 g/mol. The number of carbonyl (C=O) groups excluding carboxylic acids is 1. The van der Waals surface area contributed by atoms with Gasteiger partial charge in [0.15, 0.2) is 0 Å². The number of esters is 1. The highest BCUT2D eigenvalue weighted by Crippen LogP contribution is 2.41. The summed E-state index contributed by atoms with van der Waals surface area (Å²) in [5.74, 6) is 0.496. The van der Waals surface area contributed by atoms with Crippen LogP contribution in [-0.2, 0) is 26.8 Å². The molecule has 1 aliphatic heterocycles. The molecule has 1 aromatic rings. The molecule has 2 N–H and O–H groups in total. The molecule has 0 spiro atoms. The highest BCUT2D eigenvalue weighted by atomic mass is 16.5. The molecular formula is C29H49NO3. The molecule has 2 rings (SSSR count). The largest absolute Gasteiger partial charge is 0.507 e. The Morgan fingerprint density at radius 2 is 1.58 bits per heavy atom. The van der Waals surface area contributed by atoms with Crippen molar-refractivity contribution in [2.75, 3.05) is 0 Å². The van der Waals surface area contributed by atoms with Gasteiger partial charge in [-0.05, 0) is 60.6 Å². The maximum absolute atomic E-state index is 13.0. The smallest absolute Gasteiger partial charge is 0.306 e. The van der Waals surface area contributed by atoms with Crippen LogP contribution in [0, 0.1) is 5.92 Å². The number of benzene rings is 1. The summed E-state index contributed by atoms with van der Waals surface area (Å²) in [6, 6.07) is 4.13. The third-order valence-electron chi connectivity index (χ3n) is 8.00. The standard InChI is InChI=1S/C29H49NO3/c1-12-28(10)18-23(19(3)29(11,13-2)30-28)33-24(31)15-14-20-16-21(26(4,5)6)25(32)22(17-20)27(7,8)9/h16-17,19,23,30,32H,12-15,18H2,1-11H3. The molecule has 4 atom stereocenters. The molecule has 1 aliphatic rings. The number of aromatic hydroxyl groups is 1. The van der Waals surface area contributed by atoms with E-state index in [1.165, 1.54) is 0 Å². The van der Waals surface area contributed by atoms with E-state index in [4.69, 9.17) is 4.74 Å². The van der Waals surface area contributed by atoms with Crippen molar-refractivity contribution in [3.8, 4) is 5.75 Å². The molecule has 0 bridgehead atoms. The maximum Gasteiger partial charge on any atom is 0.306 e. The van der Waals surface area contributed by atoms with Crippen molar-refractivity contribution < 1.29 is 14.6 Å². The van der Waals surface area contributed by atoms with Crippen LogP contribution in [0.3, 0.4) is 0 Å². The summed E-state index contributed by atoms with van der Waals surface area (Å²) in [5.41, 5.74) is 2.51. The van der Waals surface area contributed by atoms with Gasteiger partial charge in [-0.2, -0.15) is 0 Å². The van der Waals surface area contributed by atoms with Gasteiger partial charge in [-0.25, -0.2) is 0 Å². The summed E-state index contributed by atoms with van der Waals surface area (Å²) in [7, 11) is 0. The fraction of sp³-hybridized carbons (Fsp3) is 0.759. The zero-order valence-corrected chi connectivity index (χ0v) is 23.1. The molecule has 1 saturated heterocycles. The fourth-order valence-electron chi connectivity index (χ4n) is 5.13. The second kappa shape index (κ2) is 9.60. The second-order valence-electron chi connectivity index (χ2n) is 12.9. The Balaban J connectivity index is 2.20. The van der Waals surface area contributed by atoms with Crippen LogP contribution < -0.4 is 5.32 Å². The first-order valence-corrected chi connectivity index (χ1v) is 12.8. The van der Waals surface area contributed by atoms with Gasteiger partial charge in [-0.15, -0.1) is 0 Å². The van der Waals surface area contributed by atoms with Crippen molar-refractivity contribution in [3.05, 3.63) is 28.8 Å². The number of hydrogen-bond donors (Lipinski definition) is 2. The third kappa shape index (κ3) is 6.32. The van der Waals surface area contributed by atoms with Gasteiger partial charge in [0.25, 0.3) is 0 Å². The number of rotatable bonds is 6. The summed E-state index contributed by atoms with van der Waals surface area (Å²) >= 11 is 0. The maximum atomic E-state index is 13.0. The Kier molecular flexibility index (Phi) is 8.06. The number of ether oxygens (including phenoxy) is 1. The van der Waals surface area contributed by atoms with Crippen molar-refractivity contribution in [2.45, 2.75) is 136 Å². The van der Waals surface area contributed by atoms with Gasteiger partial charge in [0, 0.05) is 29.8 Å². The van der Waals surface area contributed by atoms with Gasteiger partial charge in [0.05, 0.1) is 0 Å². The van der Waals surface area contributed by atoms with E-state index in [0.29, 0.717) is 18.6 Å². The van der Waals surface area contributed by atoms with Crippen molar-refractivity contribution in [1.29, 1.82) is 0 Å². The van der Waals surface area contributed by atoms with Crippen LogP contribution in [0.2, 0.25) is 0 Å². The van der Waals surface area contributed by atoms with E-state index < -0.39 is 0 Å². The molecule has 4 unspecified atom stereocenters. The highest BCUT2D eigenvalue weighted by Gasteiger charge is 2.47. The van der Waals surface area contributed by atoms with Gasteiger partial charge < -0.3 is 15.2 Å².